The molecule has 1 aliphatic heterocycles. The van der Waals surface area contributed by atoms with Crippen LogP contribution in [0.25, 0.3) is 54.6 Å². The lowest BCUT2D eigenvalue weighted by atomic mass is 9.91. The molecule has 1 unspecified atom stereocenters. The zero-order valence-corrected chi connectivity index (χ0v) is 24.2. The van der Waals surface area contributed by atoms with E-state index in [0.29, 0.717) is 5.84 Å². The molecule has 45 heavy (non-hydrogen) atoms. The third-order valence-electron chi connectivity index (χ3n) is 8.60. The van der Waals surface area contributed by atoms with Gasteiger partial charge in [-0.05, 0) is 62.5 Å². The molecule has 2 aromatic heterocycles. The molecule has 0 aliphatic carbocycles. The smallest absolute Gasteiger partial charge is 0.159 e. The summed E-state index contributed by atoms with van der Waals surface area (Å²) >= 11 is 0. The summed E-state index contributed by atoms with van der Waals surface area (Å²) in [6.45, 7) is 0. The van der Waals surface area contributed by atoms with Crippen LogP contribution in [0.2, 0.25) is 0 Å². The number of hydrogen-bond donors (Lipinski definition) is 1. The Morgan fingerprint density at radius 3 is 2.16 bits per heavy atom. The molecule has 0 radical (unpaired) electrons. The molecule has 9 rings (SSSR count). The first-order valence-corrected chi connectivity index (χ1v) is 15.0. The zero-order valence-electron chi connectivity index (χ0n) is 24.2. The fraction of sp³-hybridized carbons (Fsp3) is 0.0250. The van der Waals surface area contributed by atoms with Crippen LogP contribution in [0.4, 0.5) is 0 Å². The van der Waals surface area contributed by atoms with E-state index in [9.17, 15) is 0 Å². The molecule has 0 amide bonds. The van der Waals surface area contributed by atoms with E-state index in [1.54, 1.807) is 6.20 Å². The Morgan fingerprint density at radius 1 is 0.578 bits per heavy atom. The highest BCUT2D eigenvalue weighted by molar-refractivity contribution is 6.23. The van der Waals surface area contributed by atoms with E-state index < -0.39 is 0 Å². The maximum absolute atomic E-state index is 6.52. The molecule has 0 saturated heterocycles. The number of nitrogens with zero attached hydrogens (tertiary/aromatic N) is 3. The zero-order chi connectivity index (χ0) is 29.7. The first-order valence-electron chi connectivity index (χ1n) is 15.0. The van der Waals surface area contributed by atoms with Crippen molar-refractivity contribution in [2.75, 3.05) is 0 Å². The van der Waals surface area contributed by atoms with E-state index in [0.717, 1.165) is 55.6 Å². The van der Waals surface area contributed by atoms with Crippen molar-refractivity contribution < 1.29 is 4.42 Å². The van der Waals surface area contributed by atoms with Gasteiger partial charge in [-0.2, -0.15) is 0 Å². The third kappa shape index (κ3) is 4.28. The lowest BCUT2D eigenvalue weighted by Gasteiger charge is -2.24. The number of aliphatic imine (C=N–C) groups is 2. The van der Waals surface area contributed by atoms with Gasteiger partial charge in [0, 0.05) is 34.3 Å². The van der Waals surface area contributed by atoms with E-state index >= 15 is 0 Å². The van der Waals surface area contributed by atoms with Gasteiger partial charge in [0.1, 0.15) is 23.2 Å². The Labute approximate surface area is 259 Å². The van der Waals surface area contributed by atoms with Gasteiger partial charge in [-0.3, -0.25) is 4.98 Å². The predicted molar refractivity (Wildman–Crippen MR) is 184 cm³/mol. The molecule has 0 spiro atoms. The highest BCUT2D eigenvalue weighted by atomic mass is 16.3. The Kier molecular flexibility index (Phi) is 5.81. The van der Waals surface area contributed by atoms with Crippen molar-refractivity contribution in [3.05, 3.63) is 163 Å². The van der Waals surface area contributed by atoms with Gasteiger partial charge in [0.15, 0.2) is 5.84 Å². The van der Waals surface area contributed by atoms with Crippen molar-refractivity contribution >= 4 is 55.2 Å². The summed E-state index contributed by atoms with van der Waals surface area (Å²) < 4.78 is 6.52. The summed E-state index contributed by atoms with van der Waals surface area (Å²) in [6.07, 6.45) is 3.33. The van der Waals surface area contributed by atoms with E-state index in [1.165, 1.54) is 21.5 Å². The molecule has 1 atom stereocenters. The Morgan fingerprint density at radius 2 is 1.31 bits per heavy atom. The Balaban J connectivity index is 1.33. The second-order valence-electron chi connectivity index (χ2n) is 11.3. The summed E-state index contributed by atoms with van der Waals surface area (Å²) in [5.41, 5.74) is 6.72. The van der Waals surface area contributed by atoms with E-state index in [4.69, 9.17) is 14.4 Å². The number of benzene rings is 6. The van der Waals surface area contributed by atoms with Gasteiger partial charge in [-0.1, -0.05) is 109 Å². The highest BCUT2D eigenvalue weighted by Crippen LogP contribution is 2.40. The van der Waals surface area contributed by atoms with Gasteiger partial charge in [0.05, 0.1) is 0 Å². The first-order chi connectivity index (χ1) is 22.3. The third-order valence-corrected chi connectivity index (χ3v) is 8.60. The summed E-state index contributed by atoms with van der Waals surface area (Å²) in [6, 6.07) is 46.2. The molecular formula is C40H26N4O. The molecule has 5 heteroatoms. The maximum Gasteiger partial charge on any atom is 0.159 e. The molecule has 0 bridgehead atoms. The second-order valence-corrected chi connectivity index (χ2v) is 11.3. The lowest BCUT2D eigenvalue weighted by Crippen LogP contribution is -2.33. The average Bonchev–Trinajstić information content (AvgIpc) is 3.50. The molecule has 212 valence electrons. The topological polar surface area (TPSA) is 62.8 Å². The standard InChI is InChI=1S/C40H26N4O/c1-3-11-25(12-4-1)38-42-39(26-13-5-2-6-14-26)44-40(43-38)33-22-28(23-36-37(33)34-24-41-20-19-35(34)45-36)32-21-27-15-7-8-16-29(27)30-17-9-10-18-31(30)32/h1-24,38H,(H,42,43,44). The van der Waals surface area contributed by atoms with Crippen molar-refractivity contribution in [1.82, 2.24) is 10.3 Å². The van der Waals surface area contributed by atoms with E-state index in [2.05, 4.69) is 101 Å². The first kappa shape index (κ1) is 25.4. The van der Waals surface area contributed by atoms with Gasteiger partial charge in [0.2, 0.25) is 0 Å². The normalized spacial score (nSPS) is 14.9. The predicted octanol–water partition coefficient (Wildman–Crippen LogP) is 9.45. The van der Waals surface area contributed by atoms with Crippen LogP contribution < -0.4 is 5.32 Å². The van der Waals surface area contributed by atoms with E-state index in [1.807, 2.05) is 48.7 Å². The molecule has 0 fully saturated rings. The van der Waals surface area contributed by atoms with Crippen molar-refractivity contribution in [3.63, 3.8) is 0 Å². The van der Waals surface area contributed by atoms with Gasteiger partial charge in [-0.15, -0.1) is 0 Å². The number of furan rings is 1. The minimum Gasteiger partial charge on any atom is -0.456 e. The number of pyridine rings is 1. The Hall–Kier alpha value is -6.07. The van der Waals surface area contributed by atoms with Gasteiger partial charge < -0.3 is 9.73 Å². The van der Waals surface area contributed by atoms with Crippen LogP contribution in [-0.2, 0) is 0 Å². The maximum atomic E-state index is 6.52. The summed E-state index contributed by atoms with van der Waals surface area (Å²) in [7, 11) is 0. The number of rotatable bonds is 4. The highest BCUT2D eigenvalue weighted by Gasteiger charge is 2.25. The monoisotopic (exact) mass is 578 g/mol. The number of fused-ring (bicyclic) bond motifs is 6. The van der Waals surface area contributed by atoms with Gasteiger partial charge >= 0.3 is 0 Å². The van der Waals surface area contributed by atoms with Crippen LogP contribution in [0.1, 0.15) is 22.9 Å². The van der Waals surface area contributed by atoms with Gasteiger partial charge in [0.25, 0.3) is 0 Å². The van der Waals surface area contributed by atoms with E-state index in [-0.39, 0.29) is 6.17 Å². The molecule has 6 aromatic carbocycles. The number of aromatic nitrogens is 1. The molecule has 3 heterocycles. The second kappa shape index (κ2) is 10.3. The number of hydrogen-bond acceptors (Lipinski definition) is 5. The Bertz CT molecular complexity index is 2460. The van der Waals surface area contributed by atoms with Crippen molar-refractivity contribution in [3.8, 4) is 11.1 Å². The number of amidine groups is 2. The summed E-state index contributed by atoms with van der Waals surface area (Å²) in [4.78, 5) is 14.7. The van der Waals surface area contributed by atoms with Crippen LogP contribution in [0.3, 0.4) is 0 Å². The van der Waals surface area contributed by atoms with Gasteiger partial charge in [-0.25, -0.2) is 9.98 Å². The molecule has 1 aliphatic rings. The SMILES string of the molecule is c1ccc(C2=NC(c3ccccc3)NC(c3cc(-c4cc5ccccc5c5ccccc45)cc4oc5ccncc5c34)=N2)cc1. The fourth-order valence-corrected chi connectivity index (χ4v) is 6.49. The van der Waals surface area contributed by atoms with Crippen molar-refractivity contribution in [2.24, 2.45) is 9.98 Å². The lowest BCUT2D eigenvalue weighted by molar-refractivity contribution is 0.667. The minimum absolute atomic E-state index is 0.314. The van der Waals surface area contributed by atoms with Crippen molar-refractivity contribution in [1.29, 1.82) is 0 Å². The summed E-state index contributed by atoms with van der Waals surface area (Å²) in [5, 5.41) is 10.4. The quantitative estimate of drug-likeness (QED) is 0.212. The molecule has 1 N–H and O–H groups in total. The van der Waals surface area contributed by atoms with Crippen LogP contribution in [-0.4, -0.2) is 16.7 Å². The van der Waals surface area contributed by atoms with Crippen LogP contribution in [0, 0.1) is 0 Å². The molecule has 5 nitrogen and oxygen atoms in total. The van der Waals surface area contributed by atoms with Crippen molar-refractivity contribution in [2.45, 2.75) is 6.17 Å². The van der Waals surface area contributed by atoms with Crippen LogP contribution in [0.5, 0.6) is 0 Å². The minimum atomic E-state index is -0.314. The molecule has 8 aromatic rings. The van der Waals surface area contributed by atoms with Crippen LogP contribution >= 0.6 is 0 Å². The molecule has 0 saturated carbocycles. The van der Waals surface area contributed by atoms with Crippen LogP contribution in [0.15, 0.2) is 160 Å². The number of nitrogens with one attached hydrogen (secondary N) is 1. The largest absolute Gasteiger partial charge is 0.456 e. The average molecular weight is 579 g/mol. The summed E-state index contributed by atoms with van der Waals surface area (Å²) in [5.74, 6) is 1.42. The fourth-order valence-electron chi connectivity index (χ4n) is 6.49. The molecular weight excluding hydrogens is 552 g/mol.